The van der Waals surface area contributed by atoms with Gasteiger partial charge in [0.25, 0.3) is 0 Å². The van der Waals surface area contributed by atoms with Crippen LogP contribution in [0.25, 0.3) is 0 Å². The molecule has 1 aromatic carbocycles. The summed E-state index contributed by atoms with van der Waals surface area (Å²) in [6, 6.07) is 10.1. The molecular formula is C16H20N2O2. The Labute approximate surface area is 119 Å². The topological polar surface area (TPSA) is 43.4 Å². The molecule has 0 amide bonds. The van der Waals surface area contributed by atoms with Crippen molar-refractivity contribution in [1.29, 1.82) is 0 Å². The van der Waals surface area contributed by atoms with Gasteiger partial charge in [0.1, 0.15) is 5.75 Å². The molecule has 1 unspecified atom stereocenters. The summed E-state index contributed by atoms with van der Waals surface area (Å²) in [5.74, 6) is 1.49. The van der Waals surface area contributed by atoms with Crippen LogP contribution in [0.3, 0.4) is 0 Å². The van der Waals surface area contributed by atoms with Crippen LogP contribution in [0, 0.1) is 6.92 Å². The lowest BCUT2D eigenvalue weighted by Crippen LogP contribution is -2.08. The van der Waals surface area contributed by atoms with Crippen LogP contribution < -0.4 is 14.8 Å². The van der Waals surface area contributed by atoms with E-state index in [0.29, 0.717) is 5.88 Å². The van der Waals surface area contributed by atoms with Gasteiger partial charge in [-0.25, -0.2) is 4.98 Å². The molecule has 0 aliphatic carbocycles. The molecule has 0 saturated carbocycles. The van der Waals surface area contributed by atoms with E-state index in [9.17, 15) is 0 Å². The van der Waals surface area contributed by atoms with Gasteiger partial charge < -0.3 is 14.8 Å². The summed E-state index contributed by atoms with van der Waals surface area (Å²) in [6.07, 6.45) is 1.76. The zero-order chi connectivity index (χ0) is 14.5. The highest BCUT2D eigenvalue weighted by Gasteiger charge is 2.11. The van der Waals surface area contributed by atoms with Crippen molar-refractivity contribution in [2.24, 2.45) is 0 Å². The van der Waals surface area contributed by atoms with Crippen molar-refractivity contribution in [2.75, 3.05) is 19.5 Å². The molecule has 0 radical (unpaired) electrons. The monoisotopic (exact) mass is 272 g/mol. The predicted molar refractivity (Wildman–Crippen MR) is 80.6 cm³/mol. The Balaban J connectivity index is 2.18. The number of ether oxygens (including phenoxy) is 2. The number of benzene rings is 1. The molecule has 1 aromatic heterocycles. The number of anilines is 1. The Morgan fingerprint density at radius 3 is 2.50 bits per heavy atom. The van der Waals surface area contributed by atoms with Crippen LogP contribution in [0.5, 0.6) is 11.6 Å². The van der Waals surface area contributed by atoms with E-state index < -0.39 is 0 Å². The molecule has 0 spiro atoms. The molecule has 0 aliphatic heterocycles. The van der Waals surface area contributed by atoms with E-state index in [1.54, 1.807) is 20.4 Å². The van der Waals surface area contributed by atoms with Crippen LogP contribution in [-0.2, 0) is 0 Å². The molecule has 20 heavy (non-hydrogen) atoms. The molecule has 0 bridgehead atoms. The van der Waals surface area contributed by atoms with Gasteiger partial charge in [0.05, 0.1) is 32.1 Å². The van der Waals surface area contributed by atoms with Crippen molar-refractivity contribution in [2.45, 2.75) is 19.9 Å². The van der Waals surface area contributed by atoms with Crippen LogP contribution in [-0.4, -0.2) is 19.2 Å². The Bertz CT molecular complexity index is 567. The highest BCUT2D eigenvalue weighted by atomic mass is 16.5. The van der Waals surface area contributed by atoms with Crippen molar-refractivity contribution in [3.05, 3.63) is 47.7 Å². The van der Waals surface area contributed by atoms with Crippen molar-refractivity contribution < 1.29 is 9.47 Å². The maximum atomic E-state index is 5.42. The fourth-order valence-corrected chi connectivity index (χ4v) is 2.11. The smallest absolute Gasteiger partial charge is 0.213 e. The zero-order valence-electron chi connectivity index (χ0n) is 12.3. The predicted octanol–water partition coefficient (Wildman–Crippen LogP) is 3.58. The molecule has 1 atom stereocenters. The molecule has 0 aliphatic rings. The lowest BCUT2D eigenvalue weighted by atomic mass is 10.0. The van der Waals surface area contributed by atoms with E-state index in [4.69, 9.17) is 9.47 Å². The van der Waals surface area contributed by atoms with E-state index in [2.05, 4.69) is 30.2 Å². The molecule has 4 nitrogen and oxygen atoms in total. The van der Waals surface area contributed by atoms with E-state index in [-0.39, 0.29) is 6.04 Å². The fraction of sp³-hybridized carbons (Fsp3) is 0.312. The summed E-state index contributed by atoms with van der Waals surface area (Å²) in [4.78, 5) is 4.19. The number of methoxy groups -OCH3 is 2. The molecular weight excluding hydrogens is 252 g/mol. The van der Waals surface area contributed by atoms with Crippen LogP contribution in [0.15, 0.2) is 36.5 Å². The first-order chi connectivity index (χ1) is 9.63. The Morgan fingerprint density at radius 1 is 1.10 bits per heavy atom. The van der Waals surface area contributed by atoms with E-state index in [1.807, 2.05) is 24.3 Å². The highest BCUT2D eigenvalue weighted by Crippen LogP contribution is 2.28. The zero-order valence-corrected chi connectivity index (χ0v) is 12.3. The van der Waals surface area contributed by atoms with E-state index in [0.717, 1.165) is 17.0 Å². The van der Waals surface area contributed by atoms with E-state index >= 15 is 0 Å². The largest absolute Gasteiger partial charge is 0.496 e. The minimum Gasteiger partial charge on any atom is -0.496 e. The van der Waals surface area contributed by atoms with Crippen LogP contribution in [0.1, 0.15) is 24.1 Å². The molecule has 2 rings (SSSR count). The van der Waals surface area contributed by atoms with Crippen molar-refractivity contribution in [1.82, 2.24) is 4.98 Å². The molecule has 2 aromatic rings. The number of aryl methyl sites for hydroxylation is 1. The minimum absolute atomic E-state index is 0.125. The summed E-state index contributed by atoms with van der Waals surface area (Å²) in [5.41, 5.74) is 3.28. The highest BCUT2D eigenvalue weighted by molar-refractivity contribution is 5.47. The molecule has 106 valence electrons. The minimum atomic E-state index is 0.125. The van der Waals surface area contributed by atoms with Gasteiger partial charge in [-0.2, -0.15) is 0 Å². The van der Waals surface area contributed by atoms with Crippen LogP contribution in [0.2, 0.25) is 0 Å². The molecule has 0 saturated heterocycles. The second kappa shape index (κ2) is 6.28. The van der Waals surface area contributed by atoms with Crippen molar-refractivity contribution in [3.63, 3.8) is 0 Å². The van der Waals surface area contributed by atoms with Gasteiger partial charge >= 0.3 is 0 Å². The summed E-state index contributed by atoms with van der Waals surface area (Å²) >= 11 is 0. The van der Waals surface area contributed by atoms with Gasteiger partial charge in [-0.1, -0.05) is 17.7 Å². The number of hydrogen-bond acceptors (Lipinski definition) is 4. The Kier molecular flexibility index (Phi) is 4.45. The SMILES string of the molecule is COc1ccc(NC(C)c2cc(C)ccc2OC)cn1. The summed E-state index contributed by atoms with van der Waals surface area (Å²) in [6.45, 7) is 4.17. The molecule has 1 N–H and O–H groups in total. The second-order valence-corrected chi connectivity index (χ2v) is 4.70. The Morgan fingerprint density at radius 2 is 1.90 bits per heavy atom. The molecule has 0 fully saturated rings. The maximum absolute atomic E-state index is 5.42. The first-order valence-electron chi connectivity index (χ1n) is 6.55. The first-order valence-corrected chi connectivity index (χ1v) is 6.55. The fourth-order valence-electron chi connectivity index (χ4n) is 2.11. The van der Waals surface area contributed by atoms with Gasteiger partial charge in [0, 0.05) is 11.6 Å². The standard InChI is InChI=1S/C16H20N2O2/c1-11-5-7-15(19-3)14(9-11)12(2)18-13-6-8-16(20-4)17-10-13/h5-10,12,18H,1-4H3. The van der Waals surface area contributed by atoms with Crippen molar-refractivity contribution >= 4 is 5.69 Å². The van der Waals surface area contributed by atoms with Gasteiger partial charge in [0.15, 0.2) is 0 Å². The Hall–Kier alpha value is -2.23. The maximum Gasteiger partial charge on any atom is 0.213 e. The van der Waals surface area contributed by atoms with Crippen LogP contribution in [0.4, 0.5) is 5.69 Å². The number of hydrogen-bond donors (Lipinski definition) is 1. The average Bonchev–Trinajstić information content (AvgIpc) is 2.48. The number of nitrogens with zero attached hydrogens (tertiary/aromatic N) is 1. The average molecular weight is 272 g/mol. The van der Waals surface area contributed by atoms with Gasteiger partial charge in [-0.3, -0.25) is 0 Å². The quantitative estimate of drug-likeness (QED) is 0.903. The number of pyridine rings is 1. The third-order valence-corrected chi connectivity index (χ3v) is 3.18. The number of rotatable bonds is 5. The number of aromatic nitrogens is 1. The summed E-state index contributed by atoms with van der Waals surface area (Å²) in [5, 5.41) is 3.41. The lowest BCUT2D eigenvalue weighted by molar-refractivity contribution is 0.398. The third-order valence-electron chi connectivity index (χ3n) is 3.18. The van der Waals surface area contributed by atoms with Crippen LogP contribution >= 0.6 is 0 Å². The van der Waals surface area contributed by atoms with Crippen molar-refractivity contribution in [3.8, 4) is 11.6 Å². The van der Waals surface area contributed by atoms with E-state index in [1.165, 1.54) is 5.56 Å². The molecule has 4 heteroatoms. The normalized spacial score (nSPS) is 11.8. The van der Waals surface area contributed by atoms with Gasteiger partial charge in [0.2, 0.25) is 5.88 Å². The summed E-state index contributed by atoms with van der Waals surface area (Å²) < 4.78 is 10.5. The second-order valence-electron chi connectivity index (χ2n) is 4.70. The van der Waals surface area contributed by atoms with Gasteiger partial charge in [-0.05, 0) is 26.0 Å². The third kappa shape index (κ3) is 3.20. The first kappa shape index (κ1) is 14.2. The lowest BCUT2D eigenvalue weighted by Gasteiger charge is -2.19. The number of nitrogens with one attached hydrogen (secondary N) is 1. The molecule has 1 heterocycles. The van der Waals surface area contributed by atoms with Gasteiger partial charge in [-0.15, -0.1) is 0 Å². The summed E-state index contributed by atoms with van der Waals surface area (Å²) in [7, 11) is 3.30.